The fourth-order valence-corrected chi connectivity index (χ4v) is 9.32. The van der Waals surface area contributed by atoms with E-state index in [0.717, 1.165) is 43.9 Å². The Labute approximate surface area is 186 Å². The zero-order chi connectivity index (χ0) is 21.0. The second kappa shape index (κ2) is 7.71. The summed E-state index contributed by atoms with van der Waals surface area (Å²) in [6.45, 7) is 5.71. The van der Waals surface area contributed by atoms with Gasteiger partial charge in [-0.15, -0.1) is 0 Å². The maximum absolute atomic E-state index is 12.3. The lowest BCUT2D eigenvalue weighted by Gasteiger charge is -2.61. The van der Waals surface area contributed by atoms with Crippen LogP contribution in [0.2, 0.25) is 0 Å². The summed E-state index contributed by atoms with van der Waals surface area (Å²) >= 11 is 2.14. The number of furan rings is 1. The quantitative estimate of drug-likeness (QED) is 0.452. The number of fused-ring (bicyclic) bond motifs is 5. The molecule has 3 fully saturated rings. The average molecular weight is 430 g/mol. The van der Waals surface area contributed by atoms with E-state index in [0.29, 0.717) is 23.2 Å². The molecular formula is C26H39NO2S. The largest absolute Gasteiger partial charge is 0.472 e. The number of nitrogens with two attached hydrogens (primary N) is 1. The van der Waals surface area contributed by atoms with E-state index in [2.05, 4.69) is 37.8 Å². The van der Waals surface area contributed by atoms with Crippen molar-refractivity contribution in [2.75, 3.05) is 12.3 Å². The Bertz CT molecular complexity index is 791. The minimum absolute atomic E-state index is 0.0327. The fraction of sp³-hybridized carbons (Fsp3) is 0.769. The molecule has 1 aromatic rings. The van der Waals surface area contributed by atoms with Gasteiger partial charge in [-0.25, -0.2) is 0 Å². The molecule has 0 amide bonds. The van der Waals surface area contributed by atoms with Crippen molar-refractivity contribution < 1.29 is 9.52 Å². The van der Waals surface area contributed by atoms with Crippen LogP contribution in [0.3, 0.4) is 0 Å². The third-order valence-electron chi connectivity index (χ3n) is 9.90. The fourth-order valence-electron chi connectivity index (χ4n) is 8.08. The second-order valence-electron chi connectivity index (χ2n) is 11.0. The molecule has 4 aliphatic carbocycles. The van der Waals surface area contributed by atoms with Crippen LogP contribution in [0.5, 0.6) is 0 Å². The monoisotopic (exact) mass is 429 g/mol. The van der Waals surface area contributed by atoms with E-state index >= 15 is 0 Å². The van der Waals surface area contributed by atoms with Crippen LogP contribution in [-0.4, -0.2) is 28.3 Å². The van der Waals surface area contributed by atoms with Crippen LogP contribution in [0.25, 0.3) is 0 Å². The van der Waals surface area contributed by atoms with E-state index in [-0.39, 0.29) is 5.41 Å². The molecule has 3 N–H and O–H groups in total. The van der Waals surface area contributed by atoms with Crippen molar-refractivity contribution in [1.29, 1.82) is 0 Å². The van der Waals surface area contributed by atoms with Gasteiger partial charge in [-0.3, -0.25) is 0 Å². The van der Waals surface area contributed by atoms with Crippen LogP contribution in [-0.2, 0) is 0 Å². The van der Waals surface area contributed by atoms with Gasteiger partial charge in [0, 0.05) is 10.7 Å². The second-order valence-corrected chi connectivity index (χ2v) is 12.4. The highest BCUT2D eigenvalue weighted by atomic mass is 32.2. The summed E-state index contributed by atoms with van der Waals surface area (Å²) in [6.07, 6.45) is 16.8. The van der Waals surface area contributed by atoms with Crippen molar-refractivity contribution in [2.45, 2.75) is 88.4 Å². The molecule has 0 bridgehead atoms. The first-order valence-electron chi connectivity index (χ1n) is 12.2. The van der Waals surface area contributed by atoms with Gasteiger partial charge in [0.25, 0.3) is 0 Å². The third kappa shape index (κ3) is 3.00. The van der Waals surface area contributed by atoms with Crippen LogP contribution in [0.4, 0.5) is 0 Å². The molecule has 30 heavy (non-hydrogen) atoms. The highest BCUT2D eigenvalue weighted by molar-refractivity contribution is 7.99. The Balaban J connectivity index is 1.39. The summed E-state index contributed by atoms with van der Waals surface area (Å²) in [4.78, 5) is 0. The van der Waals surface area contributed by atoms with E-state index in [4.69, 9.17) is 10.2 Å². The van der Waals surface area contributed by atoms with Gasteiger partial charge in [0.2, 0.25) is 0 Å². The molecule has 166 valence electrons. The smallest absolute Gasteiger partial charge is 0.0937 e. The Kier molecular flexibility index (Phi) is 5.43. The molecular weight excluding hydrogens is 390 g/mol. The zero-order valence-corrected chi connectivity index (χ0v) is 19.6. The van der Waals surface area contributed by atoms with Crippen LogP contribution < -0.4 is 5.73 Å². The number of thioether (sulfide) groups is 1. The van der Waals surface area contributed by atoms with Crippen molar-refractivity contribution >= 4 is 11.8 Å². The Morgan fingerprint density at radius 3 is 2.80 bits per heavy atom. The molecule has 1 aromatic heterocycles. The summed E-state index contributed by atoms with van der Waals surface area (Å²) in [7, 11) is 0. The number of rotatable bonds is 5. The number of allylic oxidation sites excluding steroid dienone is 2. The van der Waals surface area contributed by atoms with Gasteiger partial charge in [0.15, 0.2) is 0 Å². The first-order chi connectivity index (χ1) is 14.4. The van der Waals surface area contributed by atoms with Crippen LogP contribution in [0.15, 0.2) is 34.7 Å². The molecule has 4 aliphatic rings. The summed E-state index contributed by atoms with van der Waals surface area (Å²) < 4.78 is 5.42. The van der Waals surface area contributed by atoms with Gasteiger partial charge < -0.3 is 15.3 Å². The van der Waals surface area contributed by atoms with Crippen LogP contribution in [0.1, 0.15) is 83.1 Å². The highest BCUT2D eigenvalue weighted by Gasteiger charge is 2.66. The van der Waals surface area contributed by atoms with Crippen molar-refractivity contribution in [3.8, 4) is 0 Å². The maximum atomic E-state index is 12.3. The summed E-state index contributed by atoms with van der Waals surface area (Å²) in [6, 6.07) is 2.12. The SMILES string of the molecule is C[C@]12CCC(SCCCN)CC1=CC[C@@H]1[C@H]2CC[C@]2(C)C(c3ccoc3)CC[C@@]12O. The minimum Gasteiger partial charge on any atom is -0.472 e. The lowest BCUT2D eigenvalue weighted by atomic mass is 9.45. The Morgan fingerprint density at radius 1 is 1.17 bits per heavy atom. The molecule has 1 heterocycles. The molecule has 3 nitrogen and oxygen atoms in total. The van der Waals surface area contributed by atoms with Gasteiger partial charge in [0.1, 0.15) is 0 Å². The van der Waals surface area contributed by atoms with Crippen LogP contribution in [0, 0.1) is 22.7 Å². The number of hydrogen-bond donors (Lipinski definition) is 2. The first-order valence-corrected chi connectivity index (χ1v) is 13.2. The maximum Gasteiger partial charge on any atom is 0.0937 e. The van der Waals surface area contributed by atoms with E-state index in [1.54, 1.807) is 11.8 Å². The predicted molar refractivity (Wildman–Crippen MR) is 125 cm³/mol. The molecule has 2 unspecified atom stereocenters. The van der Waals surface area contributed by atoms with Gasteiger partial charge in [0.05, 0.1) is 18.1 Å². The first kappa shape index (κ1) is 21.2. The molecule has 0 radical (unpaired) electrons. The van der Waals surface area contributed by atoms with E-state index in [1.807, 2.05) is 6.26 Å². The molecule has 0 saturated heterocycles. The highest BCUT2D eigenvalue weighted by Crippen LogP contribution is 2.69. The molecule has 4 heteroatoms. The molecule has 3 saturated carbocycles. The Hall–Kier alpha value is -0.710. The lowest BCUT2D eigenvalue weighted by molar-refractivity contribution is -0.171. The molecule has 5 rings (SSSR count). The lowest BCUT2D eigenvalue weighted by Crippen LogP contribution is -2.60. The Morgan fingerprint density at radius 2 is 2.03 bits per heavy atom. The normalized spacial score (nSPS) is 45.4. The standard InChI is InChI=1S/C26H39NO2S/c1-24-10-6-20(30-15-3-13-27)16-19(24)4-5-23-22(24)7-11-25(2)21(8-12-26(23,25)28)18-9-14-29-17-18/h4,9,14,17,20-23,28H,3,5-8,10-13,15-16,27H2,1-2H3/t20?,21?,22-,23-,24+,25-,26-/m1/s1. The van der Waals surface area contributed by atoms with Gasteiger partial charge >= 0.3 is 0 Å². The van der Waals surface area contributed by atoms with E-state index in [1.165, 1.54) is 37.0 Å². The molecule has 0 spiro atoms. The van der Waals surface area contributed by atoms with Gasteiger partial charge in [-0.2, -0.15) is 11.8 Å². The summed E-state index contributed by atoms with van der Waals surface area (Å²) in [5, 5.41) is 13.0. The van der Waals surface area contributed by atoms with Crippen molar-refractivity contribution in [1.82, 2.24) is 0 Å². The minimum atomic E-state index is -0.546. The van der Waals surface area contributed by atoms with Crippen LogP contribution >= 0.6 is 11.8 Å². The van der Waals surface area contributed by atoms with Crippen molar-refractivity contribution in [3.63, 3.8) is 0 Å². The summed E-state index contributed by atoms with van der Waals surface area (Å²) in [5.74, 6) is 2.66. The molecule has 0 aromatic carbocycles. The van der Waals surface area contributed by atoms with Crippen molar-refractivity contribution in [2.24, 2.45) is 28.4 Å². The predicted octanol–water partition coefficient (Wildman–Crippen LogP) is 5.89. The van der Waals surface area contributed by atoms with Gasteiger partial charge in [-0.1, -0.05) is 25.5 Å². The van der Waals surface area contributed by atoms with E-state index in [9.17, 15) is 5.11 Å². The number of hydrogen-bond acceptors (Lipinski definition) is 4. The topological polar surface area (TPSA) is 59.4 Å². The number of aliphatic hydroxyl groups is 1. The average Bonchev–Trinajstić information content (AvgIpc) is 3.34. The molecule has 0 aliphatic heterocycles. The summed E-state index contributed by atoms with van der Waals surface area (Å²) in [5.41, 5.74) is 8.41. The zero-order valence-electron chi connectivity index (χ0n) is 18.7. The molecule has 7 atom stereocenters. The van der Waals surface area contributed by atoms with E-state index < -0.39 is 5.60 Å². The van der Waals surface area contributed by atoms with Gasteiger partial charge in [-0.05, 0) is 105 Å². The third-order valence-corrected chi connectivity index (χ3v) is 11.3. The van der Waals surface area contributed by atoms with Crippen molar-refractivity contribution in [3.05, 3.63) is 35.8 Å².